The second-order valence-electron chi connectivity index (χ2n) is 5.38. The second-order valence-corrected chi connectivity index (χ2v) is 8.30. The molecule has 0 bridgehead atoms. The van der Waals surface area contributed by atoms with Crippen LogP contribution in [0.3, 0.4) is 0 Å². The Kier molecular flexibility index (Phi) is 6.46. The number of nitrogens with zero attached hydrogens (tertiary/aromatic N) is 1. The molecule has 1 heterocycles. The Bertz CT molecular complexity index is 625. The fraction of sp³-hybridized carbons (Fsp3) is 0.533. The molecule has 1 aliphatic rings. The van der Waals surface area contributed by atoms with E-state index in [-0.39, 0.29) is 23.5 Å². The smallest absolute Gasteiger partial charge is 0.243 e. The van der Waals surface area contributed by atoms with Gasteiger partial charge in [-0.1, -0.05) is 0 Å². The summed E-state index contributed by atoms with van der Waals surface area (Å²) < 4.78 is 31.4. The van der Waals surface area contributed by atoms with Crippen LogP contribution in [0.2, 0.25) is 0 Å². The lowest BCUT2D eigenvalue weighted by Gasteiger charge is -2.18. The Morgan fingerprint density at radius 3 is 2.65 bits per heavy atom. The minimum absolute atomic E-state index is 0.0416. The maximum absolute atomic E-state index is 12.4. The predicted octanol–water partition coefficient (Wildman–Crippen LogP) is 1.32. The van der Waals surface area contributed by atoms with Crippen LogP contribution in [0.5, 0.6) is 0 Å². The summed E-state index contributed by atoms with van der Waals surface area (Å²) in [7, 11) is -2.26. The van der Waals surface area contributed by atoms with E-state index >= 15 is 0 Å². The van der Waals surface area contributed by atoms with E-state index in [0.717, 1.165) is 28.6 Å². The van der Waals surface area contributed by atoms with Crippen LogP contribution < -0.4 is 5.32 Å². The van der Waals surface area contributed by atoms with Gasteiger partial charge in [-0.25, -0.2) is 8.42 Å². The highest BCUT2D eigenvalue weighted by Crippen LogP contribution is 2.19. The molecular weight excluding hydrogens is 336 g/mol. The number of hydrogen-bond donors (Lipinski definition) is 1. The number of amides is 1. The van der Waals surface area contributed by atoms with Gasteiger partial charge in [0.25, 0.3) is 0 Å². The average molecular weight is 358 g/mol. The van der Waals surface area contributed by atoms with Gasteiger partial charge in [-0.3, -0.25) is 4.79 Å². The quantitative estimate of drug-likeness (QED) is 0.744. The molecule has 2 rings (SSSR count). The minimum atomic E-state index is -3.66. The molecule has 1 aromatic carbocycles. The molecule has 6 nitrogen and oxygen atoms in total. The van der Waals surface area contributed by atoms with Gasteiger partial charge in [-0.05, 0) is 43.4 Å². The van der Waals surface area contributed by atoms with E-state index in [4.69, 9.17) is 4.74 Å². The first-order valence-electron chi connectivity index (χ1n) is 7.42. The van der Waals surface area contributed by atoms with E-state index in [1.54, 1.807) is 36.0 Å². The Balaban J connectivity index is 1.91. The topological polar surface area (TPSA) is 75.7 Å². The first-order chi connectivity index (χ1) is 10.9. The van der Waals surface area contributed by atoms with Crippen molar-refractivity contribution >= 4 is 27.7 Å². The summed E-state index contributed by atoms with van der Waals surface area (Å²) in [4.78, 5) is 13.1. The van der Waals surface area contributed by atoms with Gasteiger partial charge in [0.15, 0.2) is 0 Å². The molecule has 1 aromatic rings. The molecule has 0 aromatic heterocycles. The SMILES string of the molecule is CSc1ccc(S(=O)(=O)N(C)CC(=O)NC[C@H]2CCCO2)cc1. The van der Waals surface area contributed by atoms with Gasteiger partial charge in [-0.2, -0.15) is 4.31 Å². The van der Waals surface area contributed by atoms with Gasteiger partial charge < -0.3 is 10.1 Å². The molecular formula is C15H22N2O4S2. The molecule has 23 heavy (non-hydrogen) atoms. The van der Waals surface area contributed by atoms with Crippen molar-refractivity contribution in [2.45, 2.75) is 28.7 Å². The van der Waals surface area contributed by atoms with E-state index < -0.39 is 10.0 Å². The normalized spacial score (nSPS) is 18.3. The van der Waals surface area contributed by atoms with Crippen molar-refractivity contribution in [2.75, 3.05) is 33.0 Å². The van der Waals surface area contributed by atoms with E-state index in [2.05, 4.69) is 5.32 Å². The highest BCUT2D eigenvalue weighted by atomic mass is 32.2. The van der Waals surface area contributed by atoms with Crippen LogP contribution in [-0.2, 0) is 19.6 Å². The molecule has 0 radical (unpaired) electrons. The van der Waals surface area contributed by atoms with Crippen molar-refractivity contribution < 1.29 is 17.9 Å². The number of carbonyl (C=O) groups is 1. The van der Waals surface area contributed by atoms with Crippen molar-refractivity contribution in [1.82, 2.24) is 9.62 Å². The van der Waals surface area contributed by atoms with Crippen molar-refractivity contribution in [3.63, 3.8) is 0 Å². The molecule has 1 saturated heterocycles. The highest BCUT2D eigenvalue weighted by molar-refractivity contribution is 7.98. The Morgan fingerprint density at radius 2 is 2.09 bits per heavy atom. The first-order valence-corrected chi connectivity index (χ1v) is 10.1. The number of benzene rings is 1. The van der Waals surface area contributed by atoms with Gasteiger partial charge in [0, 0.05) is 25.1 Å². The molecule has 1 amide bonds. The number of likely N-dealkylation sites (N-methyl/N-ethyl adjacent to an activating group) is 1. The van der Waals surface area contributed by atoms with Gasteiger partial charge in [0.1, 0.15) is 0 Å². The zero-order chi connectivity index (χ0) is 16.9. The van der Waals surface area contributed by atoms with Crippen LogP contribution in [0.4, 0.5) is 0 Å². The standard InChI is InChI=1S/C15H22N2O4S2/c1-17(11-15(18)16-10-12-4-3-9-21-12)23(19,20)14-7-5-13(22-2)6-8-14/h5-8,12H,3-4,9-11H2,1-2H3,(H,16,18)/t12-/m1/s1. The highest BCUT2D eigenvalue weighted by Gasteiger charge is 2.23. The molecule has 0 aliphatic carbocycles. The fourth-order valence-corrected chi connectivity index (χ4v) is 3.84. The van der Waals surface area contributed by atoms with Crippen molar-refractivity contribution in [2.24, 2.45) is 0 Å². The number of sulfonamides is 1. The van der Waals surface area contributed by atoms with Gasteiger partial charge in [-0.15, -0.1) is 11.8 Å². The molecule has 1 aliphatic heterocycles. The molecule has 128 valence electrons. The summed E-state index contributed by atoms with van der Waals surface area (Å²) in [5, 5.41) is 2.72. The van der Waals surface area contributed by atoms with Crippen LogP contribution in [0, 0.1) is 0 Å². The summed E-state index contributed by atoms with van der Waals surface area (Å²) in [6, 6.07) is 6.62. The van der Waals surface area contributed by atoms with E-state index in [1.165, 1.54) is 7.05 Å². The number of ether oxygens (including phenoxy) is 1. The molecule has 0 spiro atoms. The van der Waals surface area contributed by atoms with E-state index in [1.807, 2.05) is 6.26 Å². The zero-order valence-electron chi connectivity index (χ0n) is 13.3. The van der Waals surface area contributed by atoms with E-state index in [9.17, 15) is 13.2 Å². The summed E-state index contributed by atoms with van der Waals surface area (Å²) in [6.45, 7) is 0.940. The van der Waals surface area contributed by atoms with Gasteiger partial charge >= 0.3 is 0 Å². The number of nitrogens with one attached hydrogen (secondary N) is 1. The van der Waals surface area contributed by atoms with Crippen LogP contribution in [0.15, 0.2) is 34.1 Å². The monoisotopic (exact) mass is 358 g/mol. The minimum Gasteiger partial charge on any atom is -0.376 e. The number of carbonyl (C=O) groups excluding carboxylic acids is 1. The van der Waals surface area contributed by atoms with E-state index in [0.29, 0.717) is 6.54 Å². The fourth-order valence-electron chi connectivity index (χ4n) is 2.30. The molecule has 1 fully saturated rings. The van der Waals surface area contributed by atoms with Crippen molar-refractivity contribution in [3.05, 3.63) is 24.3 Å². The third kappa shape index (κ3) is 4.94. The van der Waals surface area contributed by atoms with Crippen LogP contribution in [0.1, 0.15) is 12.8 Å². The van der Waals surface area contributed by atoms with Crippen molar-refractivity contribution in [3.8, 4) is 0 Å². The Morgan fingerprint density at radius 1 is 1.39 bits per heavy atom. The zero-order valence-corrected chi connectivity index (χ0v) is 15.0. The first kappa shape index (κ1) is 18.3. The number of hydrogen-bond acceptors (Lipinski definition) is 5. The number of thioether (sulfide) groups is 1. The molecule has 8 heteroatoms. The Labute approximate surface area is 141 Å². The van der Waals surface area contributed by atoms with Crippen molar-refractivity contribution in [1.29, 1.82) is 0 Å². The summed E-state index contributed by atoms with van der Waals surface area (Å²) in [5.74, 6) is -0.327. The maximum Gasteiger partial charge on any atom is 0.243 e. The third-order valence-corrected chi connectivity index (χ3v) is 6.25. The maximum atomic E-state index is 12.4. The molecule has 1 N–H and O–H groups in total. The molecule has 0 unspecified atom stereocenters. The largest absolute Gasteiger partial charge is 0.376 e. The lowest BCUT2D eigenvalue weighted by molar-refractivity contribution is -0.121. The summed E-state index contributed by atoms with van der Waals surface area (Å²) >= 11 is 1.54. The third-order valence-electron chi connectivity index (χ3n) is 3.68. The Hall–Kier alpha value is -1.09. The average Bonchev–Trinajstić information content (AvgIpc) is 3.06. The summed E-state index contributed by atoms with van der Waals surface area (Å²) in [5.41, 5.74) is 0. The van der Waals surface area contributed by atoms with Crippen LogP contribution in [-0.4, -0.2) is 57.7 Å². The molecule has 0 saturated carbocycles. The van der Waals surface area contributed by atoms with Crippen LogP contribution >= 0.6 is 11.8 Å². The number of rotatable bonds is 7. The lowest BCUT2D eigenvalue weighted by atomic mass is 10.2. The van der Waals surface area contributed by atoms with Gasteiger partial charge in [0.05, 0.1) is 17.5 Å². The summed E-state index contributed by atoms with van der Waals surface area (Å²) in [6.07, 6.45) is 3.89. The second kappa shape index (κ2) is 8.14. The lowest BCUT2D eigenvalue weighted by Crippen LogP contribution is -2.40. The van der Waals surface area contributed by atoms with Gasteiger partial charge in [0.2, 0.25) is 15.9 Å². The molecule has 1 atom stereocenters. The van der Waals surface area contributed by atoms with Crippen LogP contribution in [0.25, 0.3) is 0 Å². The predicted molar refractivity (Wildman–Crippen MR) is 90.0 cm³/mol.